The first-order chi connectivity index (χ1) is 14.6. The van der Waals surface area contributed by atoms with Gasteiger partial charge in [0.15, 0.2) is 5.96 Å². The van der Waals surface area contributed by atoms with Crippen LogP contribution in [0.1, 0.15) is 56.2 Å². The summed E-state index contributed by atoms with van der Waals surface area (Å²) in [4.78, 5) is 4.90. The van der Waals surface area contributed by atoms with Gasteiger partial charge in [0.1, 0.15) is 12.2 Å². The van der Waals surface area contributed by atoms with Crippen LogP contribution in [0.5, 0.6) is 0 Å². The van der Waals surface area contributed by atoms with Crippen molar-refractivity contribution in [1.29, 1.82) is 0 Å². The van der Waals surface area contributed by atoms with Crippen molar-refractivity contribution in [2.24, 2.45) is 16.8 Å². The number of aromatic nitrogens is 5. The van der Waals surface area contributed by atoms with E-state index >= 15 is 0 Å². The third-order valence-electron chi connectivity index (χ3n) is 6.62. The second-order valence-corrected chi connectivity index (χ2v) is 8.88. The molecule has 3 unspecified atom stereocenters. The maximum absolute atomic E-state index is 4.90. The first-order valence-corrected chi connectivity index (χ1v) is 11.5. The highest BCUT2D eigenvalue weighted by molar-refractivity contribution is 14.0. The molecule has 2 heterocycles. The van der Waals surface area contributed by atoms with Crippen LogP contribution in [0.2, 0.25) is 0 Å². The monoisotopic (exact) mass is 540 g/mol. The Morgan fingerprint density at radius 1 is 1.23 bits per heavy atom. The van der Waals surface area contributed by atoms with Crippen LogP contribution in [-0.2, 0) is 19.5 Å². The third kappa shape index (κ3) is 6.20. The number of hydrogen-bond acceptors (Lipinski definition) is 4. The molecule has 172 valence electrons. The average molecular weight is 540 g/mol. The maximum atomic E-state index is 4.90. The van der Waals surface area contributed by atoms with Crippen molar-refractivity contribution in [3.8, 4) is 0 Å². The second-order valence-electron chi connectivity index (χ2n) is 8.88. The van der Waals surface area contributed by atoms with E-state index in [-0.39, 0.29) is 24.0 Å². The van der Waals surface area contributed by atoms with Crippen molar-refractivity contribution in [3.63, 3.8) is 0 Å². The molecule has 2 aromatic heterocycles. The lowest BCUT2D eigenvalue weighted by Gasteiger charge is -2.25. The quantitative estimate of drug-likeness (QED) is 0.221. The van der Waals surface area contributed by atoms with Gasteiger partial charge in [-0.3, -0.25) is 9.67 Å². The van der Waals surface area contributed by atoms with Crippen molar-refractivity contribution >= 4 is 29.9 Å². The highest BCUT2D eigenvalue weighted by atomic mass is 127. The van der Waals surface area contributed by atoms with Crippen LogP contribution in [0.3, 0.4) is 0 Å². The second kappa shape index (κ2) is 11.3. The summed E-state index contributed by atoms with van der Waals surface area (Å²) in [7, 11) is 0. The molecule has 0 saturated heterocycles. The number of aryl methyl sites for hydroxylation is 4. The lowest BCUT2D eigenvalue weighted by molar-refractivity contribution is 0.386. The molecular weight excluding hydrogens is 503 g/mol. The van der Waals surface area contributed by atoms with E-state index < -0.39 is 0 Å². The highest BCUT2D eigenvalue weighted by Crippen LogP contribution is 2.44. The number of guanidine groups is 1. The van der Waals surface area contributed by atoms with Crippen LogP contribution in [0.25, 0.3) is 0 Å². The van der Waals surface area contributed by atoms with Gasteiger partial charge in [0.25, 0.3) is 0 Å². The van der Waals surface area contributed by atoms with Crippen LogP contribution < -0.4 is 10.6 Å². The van der Waals surface area contributed by atoms with Gasteiger partial charge in [-0.05, 0) is 57.4 Å². The van der Waals surface area contributed by atoms with Gasteiger partial charge in [-0.1, -0.05) is 13.3 Å². The van der Waals surface area contributed by atoms with Gasteiger partial charge in [-0.2, -0.15) is 5.10 Å². The molecule has 0 spiro atoms. The normalized spacial score (nSPS) is 22.5. The fourth-order valence-corrected chi connectivity index (χ4v) is 5.10. The topological polar surface area (TPSA) is 85.0 Å². The SMILES string of the molecule is CCc1nncn1CCNC(=NCCCn1nc(C)cc1C)NC1CC2CCC1C2.I. The Morgan fingerprint density at radius 2 is 2.10 bits per heavy atom. The van der Waals surface area contributed by atoms with Gasteiger partial charge in [-0.15, -0.1) is 34.2 Å². The van der Waals surface area contributed by atoms with Crippen molar-refractivity contribution < 1.29 is 0 Å². The number of aliphatic imine (C=N–C) groups is 1. The summed E-state index contributed by atoms with van der Waals surface area (Å²) in [6.07, 6.45) is 9.17. The van der Waals surface area contributed by atoms with Gasteiger partial charge in [0, 0.05) is 44.3 Å². The zero-order valence-corrected chi connectivity index (χ0v) is 21.4. The minimum atomic E-state index is 0. The van der Waals surface area contributed by atoms with E-state index in [2.05, 4.69) is 55.1 Å². The van der Waals surface area contributed by atoms with Gasteiger partial charge in [-0.25, -0.2) is 0 Å². The Balaban J connectivity index is 0.00000272. The lowest BCUT2D eigenvalue weighted by atomic mass is 9.95. The van der Waals surface area contributed by atoms with Crippen molar-refractivity contribution in [3.05, 3.63) is 29.6 Å². The summed E-state index contributed by atoms with van der Waals surface area (Å²) < 4.78 is 4.20. The Hall–Kier alpha value is -1.65. The molecule has 2 bridgehead atoms. The Bertz CT molecular complexity index is 858. The summed E-state index contributed by atoms with van der Waals surface area (Å²) >= 11 is 0. The molecule has 2 saturated carbocycles. The van der Waals surface area contributed by atoms with E-state index in [0.717, 1.165) is 68.3 Å². The maximum Gasteiger partial charge on any atom is 0.191 e. The van der Waals surface area contributed by atoms with Crippen LogP contribution in [0.15, 0.2) is 17.4 Å². The largest absolute Gasteiger partial charge is 0.355 e. The molecule has 2 N–H and O–H groups in total. The predicted molar refractivity (Wildman–Crippen MR) is 134 cm³/mol. The predicted octanol–water partition coefficient (Wildman–Crippen LogP) is 3.09. The van der Waals surface area contributed by atoms with E-state index in [1.807, 2.05) is 13.3 Å². The van der Waals surface area contributed by atoms with E-state index in [1.54, 1.807) is 0 Å². The van der Waals surface area contributed by atoms with Crippen molar-refractivity contribution in [2.45, 2.75) is 78.4 Å². The molecule has 2 aliphatic carbocycles. The molecule has 31 heavy (non-hydrogen) atoms. The lowest BCUT2D eigenvalue weighted by Crippen LogP contribution is -2.46. The fourth-order valence-electron chi connectivity index (χ4n) is 5.10. The Kier molecular flexibility index (Phi) is 8.74. The van der Waals surface area contributed by atoms with E-state index in [9.17, 15) is 0 Å². The Morgan fingerprint density at radius 3 is 2.77 bits per heavy atom. The molecule has 8 nitrogen and oxygen atoms in total. The summed E-state index contributed by atoms with van der Waals surface area (Å²) in [5.41, 5.74) is 2.30. The van der Waals surface area contributed by atoms with Crippen LogP contribution in [0, 0.1) is 25.7 Å². The zero-order chi connectivity index (χ0) is 20.9. The molecule has 0 radical (unpaired) electrons. The van der Waals surface area contributed by atoms with E-state index in [4.69, 9.17) is 4.99 Å². The third-order valence-corrected chi connectivity index (χ3v) is 6.62. The molecule has 2 fully saturated rings. The molecule has 2 aromatic rings. The van der Waals surface area contributed by atoms with Crippen LogP contribution in [0.4, 0.5) is 0 Å². The van der Waals surface area contributed by atoms with Gasteiger partial charge >= 0.3 is 0 Å². The smallest absolute Gasteiger partial charge is 0.191 e. The molecule has 0 aliphatic heterocycles. The molecule has 4 rings (SSSR count). The van der Waals surface area contributed by atoms with Crippen LogP contribution >= 0.6 is 24.0 Å². The molecule has 3 atom stereocenters. The van der Waals surface area contributed by atoms with Gasteiger partial charge in [0.05, 0.1) is 5.69 Å². The minimum Gasteiger partial charge on any atom is -0.355 e. The zero-order valence-electron chi connectivity index (χ0n) is 19.0. The average Bonchev–Trinajstić information content (AvgIpc) is 3.50. The molecule has 9 heteroatoms. The molecular formula is C22H37IN8. The van der Waals surface area contributed by atoms with E-state index in [1.165, 1.54) is 31.4 Å². The number of nitrogens with one attached hydrogen (secondary N) is 2. The molecule has 2 aliphatic rings. The summed E-state index contributed by atoms with van der Waals surface area (Å²) in [6.45, 7) is 9.63. The van der Waals surface area contributed by atoms with Crippen molar-refractivity contribution in [2.75, 3.05) is 13.1 Å². The minimum absolute atomic E-state index is 0. The van der Waals surface area contributed by atoms with Crippen molar-refractivity contribution in [1.82, 2.24) is 35.2 Å². The number of hydrogen-bond donors (Lipinski definition) is 2. The highest BCUT2D eigenvalue weighted by Gasteiger charge is 2.39. The van der Waals surface area contributed by atoms with Crippen LogP contribution in [-0.4, -0.2) is 49.6 Å². The van der Waals surface area contributed by atoms with Gasteiger partial charge in [0.2, 0.25) is 0 Å². The number of fused-ring (bicyclic) bond motifs is 2. The molecule has 0 amide bonds. The summed E-state index contributed by atoms with van der Waals surface area (Å²) in [6, 6.07) is 2.70. The fraction of sp³-hybridized carbons (Fsp3) is 0.727. The number of rotatable bonds is 9. The summed E-state index contributed by atoms with van der Waals surface area (Å²) in [5.74, 6) is 3.72. The first-order valence-electron chi connectivity index (χ1n) is 11.5. The standard InChI is InChI=1S/C22H36N8.HI/c1-4-21-27-25-15-29(21)11-9-24-22(26-20-14-18-6-7-19(20)13-18)23-8-5-10-30-17(3)12-16(2)28-30;/h12,15,18-20H,4-11,13-14H2,1-3H3,(H2,23,24,26);1H. The number of halogens is 1. The molecule has 0 aromatic carbocycles. The van der Waals surface area contributed by atoms with Gasteiger partial charge < -0.3 is 15.2 Å². The Labute approximate surface area is 202 Å². The van der Waals surface area contributed by atoms with E-state index in [0.29, 0.717) is 6.04 Å². The summed E-state index contributed by atoms with van der Waals surface area (Å²) in [5, 5.41) is 20.0. The first kappa shape index (κ1) is 24.0. The number of nitrogens with zero attached hydrogens (tertiary/aromatic N) is 6.